The van der Waals surface area contributed by atoms with Crippen LogP contribution in [-0.2, 0) is 16.0 Å². The molecule has 1 N–H and O–H groups in total. The van der Waals surface area contributed by atoms with Gasteiger partial charge < -0.3 is 14.5 Å². The third-order valence-electron chi connectivity index (χ3n) is 5.38. The number of H-pyrrole nitrogens is 1. The lowest BCUT2D eigenvalue weighted by molar-refractivity contribution is -0.142. The average molecular weight is 403 g/mol. The summed E-state index contributed by atoms with van der Waals surface area (Å²) in [5, 5.41) is 1.26. The maximum Gasteiger partial charge on any atom is 0.163 e. The van der Waals surface area contributed by atoms with Crippen LogP contribution in [0.5, 0.6) is 0 Å². The zero-order valence-corrected chi connectivity index (χ0v) is 16.4. The minimum Gasteiger partial charge on any atom is -0.380 e. The number of Topliss-reactive ketones (excluding diaryl/α,β-unsaturated/α-hetero) is 1. The number of aromatic nitrogens is 4. The van der Waals surface area contributed by atoms with Gasteiger partial charge in [0.05, 0.1) is 30.1 Å². The number of aromatic amines is 1. The van der Waals surface area contributed by atoms with Gasteiger partial charge in [0.1, 0.15) is 11.4 Å². The lowest BCUT2D eigenvalue weighted by atomic mass is 9.71. The number of rotatable bonds is 6. The molecule has 0 bridgehead atoms. The number of hydrogen-bond donors (Lipinski definition) is 1. The Hall–Kier alpha value is -2.38. The molecule has 146 valence electrons. The fraction of sp³-hybridized carbons (Fsp3) is 0.400. The van der Waals surface area contributed by atoms with Crippen LogP contribution in [0.3, 0.4) is 0 Å². The topological polar surface area (TPSA) is 80.8 Å². The van der Waals surface area contributed by atoms with Crippen molar-refractivity contribution < 1.29 is 13.9 Å². The van der Waals surface area contributed by atoms with Gasteiger partial charge >= 0.3 is 0 Å². The minimum absolute atomic E-state index is 0.0462. The number of carbonyl (C=O) groups is 1. The van der Waals surface area contributed by atoms with Gasteiger partial charge in [-0.25, -0.2) is 19.3 Å². The fourth-order valence-electron chi connectivity index (χ4n) is 3.64. The van der Waals surface area contributed by atoms with Crippen molar-refractivity contribution in [2.45, 2.75) is 26.7 Å². The van der Waals surface area contributed by atoms with Crippen molar-refractivity contribution in [2.75, 3.05) is 13.2 Å². The molecule has 0 amide bonds. The number of hydrogen-bond acceptors (Lipinski definition) is 5. The normalized spacial score (nSPS) is 16.7. The number of halogens is 2. The van der Waals surface area contributed by atoms with Crippen LogP contribution in [0, 0.1) is 17.2 Å². The molecule has 1 saturated heterocycles. The molecule has 0 aromatic carbocycles. The summed E-state index contributed by atoms with van der Waals surface area (Å²) in [5.41, 5.74) is 1.50. The van der Waals surface area contributed by atoms with E-state index >= 15 is 0 Å². The van der Waals surface area contributed by atoms with Crippen molar-refractivity contribution in [3.05, 3.63) is 41.2 Å². The van der Waals surface area contributed by atoms with Gasteiger partial charge in [-0.15, -0.1) is 0 Å². The predicted octanol–water partition coefficient (Wildman–Crippen LogP) is 3.99. The van der Waals surface area contributed by atoms with Crippen LogP contribution in [-0.4, -0.2) is 38.9 Å². The summed E-state index contributed by atoms with van der Waals surface area (Å²) < 4.78 is 19.9. The first-order valence-corrected chi connectivity index (χ1v) is 9.45. The highest BCUT2D eigenvalue weighted by atomic mass is 35.5. The van der Waals surface area contributed by atoms with Crippen LogP contribution in [0.1, 0.15) is 26.0 Å². The monoisotopic (exact) mass is 402 g/mol. The largest absolute Gasteiger partial charge is 0.380 e. The molecule has 1 aliphatic heterocycles. The first kappa shape index (κ1) is 19.0. The van der Waals surface area contributed by atoms with Gasteiger partial charge in [0.2, 0.25) is 0 Å². The maximum absolute atomic E-state index is 14.5. The van der Waals surface area contributed by atoms with Crippen LogP contribution in [0.15, 0.2) is 24.7 Å². The molecule has 28 heavy (non-hydrogen) atoms. The SMILES string of the molecule is CC(=O)CC(Cc1nc(-c2c[nH]c3ncc(Cl)cc23)ncc1F)C1(C)COC1. The molecule has 6 nitrogen and oxygen atoms in total. The molecule has 8 heteroatoms. The number of ether oxygens (including phenoxy) is 1. The Morgan fingerprint density at radius 1 is 1.39 bits per heavy atom. The van der Waals surface area contributed by atoms with Crippen LogP contribution in [0.4, 0.5) is 4.39 Å². The van der Waals surface area contributed by atoms with Gasteiger partial charge in [-0.3, -0.25) is 0 Å². The fourth-order valence-corrected chi connectivity index (χ4v) is 3.80. The summed E-state index contributed by atoms with van der Waals surface area (Å²) in [5.74, 6) is -0.0549. The van der Waals surface area contributed by atoms with E-state index in [1.807, 2.05) is 0 Å². The molecule has 1 unspecified atom stereocenters. The number of pyridine rings is 1. The van der Waals surface area contributed by atoms with Crippen molar-refractivity contribution in [2.24, 2.45) is 11.3 Å². The Balaban J connectivity index is 1.70. The summed E-state index contributed by atoms with van der Waals surface area (Å²) in [6.45, 7) is 4.76. The van der Waals surface area contributed by atoms with Crippen molar-refractivity contribution in [3.63, 3.8) is 0 Å². The van der Waals surface area contributed by atoms with E-state index in [2.05, 4.69) is 26.9 Å². The number of fused-ring (bicyclic) bond motifs is 1. The molecule has 1 fully saturated rings. The molecule has 0 aliphatic carbocycles. The number of ketones is 1. The van der Waals surface area contributed by atoms with E-state index in [0.717, 1.165) is 5.39 Å². The Bertz CT molecular complexity index is 1050. The Morgan fingerprint density at radius 2 is 2.18 bits per heavy atom. The van der Waals surface area contributed by atoms with E-state index in [0.29, 0.717) is 53.8 Å². The Morgan fingerprint density at radius 3 is 2.86 bits per heavy atom. The van der Waals surface area contributed by atoms with Crippen molar-refractivity contribution in [1.29, 1.82) is 0 Å². The molecule has 3 aromatic rings. The molecule has 0 spiro atoms. The summed E-state index contributed by atoms with van der Waals surface area (Å²) in [4.78, 5) is 27.7. The maximum atomic E-state index is 14.5. The smallest absolute Gasteiger partial charge is 0.163 e. The number of nitrogens with zero attached hydrogens (tertiary/aromatic N) is 3. The number of carbonyl (C=O) groups excluding carboxylic acids is 1. The second-order valence-electron chi connectivity index (χ2n) is 7.69. The zero-order valence-electron chi connectivity index (χ0n) is 15.6. The zero-order chi connectivity index (χ0) is 19.9. The quantitative estimate of drug-likeness (QED) is 0.674. The Kier molecular flexibility index (Phi) is 4.89. The minimum atomic E-state index is -0.475. The molecule has 1 atom stereocenters. The summed E-state index contributed by atoms with van der Waals surface area (Å²) in [6, 6.07) is 1.77. The highest BCUT2D eigenvalue weighted by Crippen LogP contribution is 2.39. The second kappa shape index (κ2) is 7.22. The van der Waals surface area contributed by atoms with Gasteiger partial charge in [-0.05, 0) is 25.3 Å². The van der Waals surface area contributed by atoms with Crippen molar-refractivity contribution in [1.82, 2.24) is 19.9 Å². The van der Waals surface area contributed by atoms with E-state index in [1.165, 1.54) is 6.20 Å². The molecule has 0 saturated carbocycles. The van der Waals surface area contributed by atoms with Gasteiger partial charge in [-0.2, -0.15) is 0 Å². The molecule has 0 radical (unpaired) electrons. The van der Waals surface area contributed by atoms with Crippen LogP contribution < -0.4 is 0 Å². The molecule has 3 aromatic heterocycles. The van der Waals surface area contributed by atoms with E-state index in [4.69, 9.17) is 16.3 Å². The lowest BCUT2D eigenvalue weighted by Crippen LogP contribution is -2.47. The summed E-state index contributed by atoms with van der Waals surface area (Å²) in [6.07, 6.45) is 5.18. The van der Waals surface area contributed by atoms with Crippen molar-refractivity contribution >= 4 is 28.4 Å². The molecular formula is C20H20ClFN4O2. The molecular weight excluding hydrogens is 383 g/mol. The molecule has 1 aliphatic rings. The average Bonchev–Trinajstić information content (AvgIpc) is 3.03. The van der Waals surface area contributed by atoms with Gasteiger partial charge in [-0.1, -0.05) is 18.5 Å². The van der Waals surface area contributed by atoms with Crippen LogP contribution >= 0.6 is 11.6 Å². The third-order valence-corrected chi connectivity index (χ3v) is 5.58. The van der Waals surface area contributed by atoms with E-state index in [-0.39, 0.29) is 17.1 Å². The molecule has 4 heterocycles. The third kappa shape index (κ3) is 3.52. The van der Waals surface area contributed by atoms with Gasteiger partial charge in [0, 0.05) is 35.2 Å². The summed E-state index contributed by atoms with van der Waals surface area (Å²) >= 11 is 6.06. The first-order chi connectivity index (χ1) is 13.4. The van der Waals surface area contributed by atoms with E-state index in [9.17, 15) is 9.18 Å². The van der Waals surface area contributed by atoms with Crippen LogP contribution in [0.2, 0.25) is 5.02 Å². The van der Waals surface area contributed by atoms with Crippen LogP contribution in [0.25, 0.3) is 22.4 Å². The van der Waals surface area contributed by atoms with Gasteiger partial charge in [0.25, 0.3) is 0 Å². The standard InChI is InChI=1S/C20H20ClFN4O2/c1-11(27)3-12(20(2)9-28-10-20)4-17-16(22)8-25-19(26-17)15-7-24-18-14(15)5-13(21)6-23-18/h5-8,12H,3-4,9-10H2,1-2H3,(H,23,24). The highest BCUT2D eigenvalue weighted by molar-refractivity contribution is 6.31. The van der Waals surface area contributed by atoms with Gasteiger partial charge in [0.15, 0.2) is 11.6 Å². The number of nitrogens with one attached hydrogen (secondary N) is 1. The van der Waals surface area contributed by atoms with Crippen molar-refractivity contribution in [3.8, 4) is 11.4 Å². The lowest BCUT2D eigenvalue weighted by Gasteiger charge is -2.44. The first-order valence-electron chi connectivity index (χ1n) is 9.07. The highest BCUT2D eigenvalue weighted by Gasteiger charge is 2.42. The van der Waals surface area contributed by atoms with E-state index in [1.54, 1.807) is 25.4 Å². The second-order valence-corrected chi connectivity index (χ2v) is 8.13. The predicted molar refractivity (Wildman–Crippen MR) is 104 cm³/mol. The van der Waals surface area contributed by atoms with E-state index < -0.39 is 5.82 Å². The summed E-state index contributed by atoms with van der Waals surface area (Å²) in [7, 11) is 0. The Labute approximate surface area is 166 Å². The molecule has 4 rings (SSSR count).